The second-order valence-corrected chi connectivity index (χ2v) is 5.60. The summed E-state index contributed by atoms with van der Waals surface area (Å²) in [5, 5.41) is 4.40. The summed E-state index contributed by atoms with van der Waals surface area (Å²) >= 11 is 0. The molecule has 9 heteroatoms. The third kappa shape index (κ3) is 5.20. The molecule has 0 radical (unpaired) electrons. The lowest BCUT2D eigenvalue weighted by Gasteiger charge is -2.15. The van der Waals surface area contributed by atoms with E-state index in [0.717, 1.165) is 0 Å². The van der Waals surface area contributed by atoms with Crippen LogP contribution in [0.4, 0.5) is 24.7 Å². The van der Waals surface area contributed by atoms with Crippen molar-refractivity contribution in [1.82, 2.24) is 10.3 Å². The van der Waals surface area contributed by atoms with Gasteiger partial charge in [0.05, 0.1) is 5.56 Å². The van der Waals surface area contributed by atoms with Crippen LogP contribution in [-0.4, -0.2) is 43.6 Å². The Balaban J connectivity index is 2.14. The number of anilines is 2. The molecule has 2 N–H and O–H groups in total. The van der Waals surface area contributed by atoms with E-state index in [-0.39, 0.29) is 11.3 Å². The fraction of sp³-hybridized carbons (Fsp3) is 0.235. The Morgan fingerprint density at radius 2 is 1.85 bits per heavy atom. The van der Waals surface area contributed by atoms with Crippen molar-refractivity contribution in [3.63, 3.8) is 0 Å². The second-order valence-electron chi connectivity index (χ2n) is 5.60. The van der Waals surface area contributed by atoms with E-state index in [0.29, 0.717) is 11.4 Å². The van der Waals surface area contributed by atoms with Gasteiger partial charge in [0.1, 0.15) is 12.4 Å². The van der Waals surface area contributed by atoms with E-state index >= 15 is 0 Å². The van der Waals surface area contributed by atoms with Crippen molar-refractivity contribution in [2.45, 2.75) is 6.18 Å². The maximum atomic E-state index is 12.5. The average molecular weight is 366 g/mol. The maximum absolute atomic E-state index is 12.5. The fourth-order valence-corrected chi connectivity index (χ4v) is 2.15. The van der Waals surface area contributed by atoms with E-state index in [1.165, 1.54) is 24.3 Å². The van der Waals surface area contributed by atoms with Crippen LogP contribution in [0.5, 0.6) is 0 Å². The number of carbonyl (C=O) groups is 2. The number of halogens is 3. The van der Waals surface area contributed by atoms with Gasteiger partial charge in [-0.1, -0.05) is 6.07 Å². The predicted molar refractivity (Wildman–Crippen MR) is 91.3 cm³/mol. The molecule has 0 atom stereocenters. The van der Waals surface area contributed by atoms with E-state index < -0.39 is 24.5 Å². The molecule has 0 saturated heterocycles. The van der Waals surface area contributed by atoms with Gasteiger partial charge in [-0.3, -0.25) is 9.59 Å². The zero-order valence-electron chi connectivity index (χ0n) is 14.1. The lowest BCUT2D eigenvalue weighted by atomic mass is 10.1. The molecule has 0 aliphatic heterocycles. The van der Waals surface area contributed by atoms with Crippen LogP contribution in [0.3, 0.4) is 0 Å². The van der Waals surface area contributed by atoms with Gasteiger partial charge in [-0.05, 0) is 30.3 Å². The van der Waals surface area contributed by atoms with Crippen molar-refractivity contribution in [2.24, 2.45) is 0 Å². The van der Waals surface area contributed by atoms with Crippen molar-refractivity contribution in [2.75, 3.05) is 30.9 Å². The Morgan fingerprint density at radius 3 is 2.50 bits per heavy atom. The van der Waals surface area contributed by atoms with Gasteiger partial charge in [0.25, 0.3) is 11.8 Å². The van der Waals surface area contributed by atoms with Crippen molar-refractivity contribution in [3.8, 4) is 0 Å². The van der Waals surface area contributed by atoms with E-state index in [4.69, 9.17) is 0 Å². The summed E-state index contributed by atoms with van der Waals surface area (Å²) in [6.45, 7) is -1.43. The number of nitrogens with one attached hydrogen (secondary N) is 2. The highest BCUT2D eigenvalue weighted by molar-refractivity contribution is 6.08. The quantitative estimate of drug-likeness (QED) is 0.853. The number of pyridine rings is 1. The molecule has 1 aromatic carbocycles. The van der Waals surface area contributed by atoms with Crippen molar-refractivity contribution >= 4 is 23.3 Å². The molecule has 26 heavy (non-hydrogen) atoms. The van der Waals surface area contributed by atoms with E-state index in [2.05, 4.69) is 10.3 Å². The third-order valence-electron chi connectivity index (χ3n) is 3.29. The molecule has 2 aromatic rings. The second kappa shape index (κ2) is 7.85. The highest BCUT2D eigenvalue weighted by atomic mass is 19.4. The minimum atomic E-state index is -4.50. The van der Waals surface area contributed by atoms with Crippen LogP contribution < -0.4 is 15.5 Å². The normalized spacial score (nSPS) is 11.0. The standard InChI is InChI=1S/C17H17F3N4O2/c1-24(2)14-13(7-4-8-21-14)16(26)23-12-6-3-5-11(9-12)15(25)22-10-17(18,19)20/h3-9H,10H2,1-2H3,(H,22,25)(H,23,26). The van der Waals surface area contributed by atoms with Gasteiger partial charge in [-0.15, -0.1) is 0 Å². The summed E-state index contributed by atoms with van der Waals surface area (Å²) in [7, 11) is 3.48. The number of aromatic nitrogens is 1. The third-order valence-corrected chi connectivity index (χ3v) is 3.29. The minimum Gasteiger partial charge on any atom is -0.362 e. The molecular weight excluding hydrogens is 349 g/mol. The largest absolute Gasteiger partial charge is 0.405 e. The molecule has 0 saturated carbocycles. The number of hydrogen-bond donors (Lipinski definition) is 2. The number of amides is 2. The monoisotopic (exact) mass is 366 g/mol. The predicted octanol–water partition coefficient (Wildman–Crippen LogP) is 2.69. The first-order valence-corrected chi connectivity index (χ1v) is 7.56. The average Bonchev–Trinajstić information content (AvgIpc) is 2.59. The molecule has 2 amide bonds. The zero-order valence-corrected chi connectivity index (χ0v) is 14.1. The van der Waals surface area contributed by atoms with E-state index in [1.54, 1.807) is 42.6 Å². The molecule has 1 aromatic heterocycles. The molecule has 0 aliphatic rings. The lowest BCUT2D eigenvalue weighted by molar-refractivity contribution is -0.123. The summed E-state index contributed by atoms with van der Waals surface area (Å²) in [5.41, 5.74) is 0.610. The van der Waals surface area contributed by atoms with Gasteiger partial charge in [-0.25, -0.2) is 4.98 Å². The smallest absolute Gasteiger partial charge is 0.362 e. The highest BCUT2D eigenvalue weighted by Crippen LogP contribution is 2.18. The zero-order chi connectivity index (χ0) is 19.3. The number of hydrogen-bond acceptors (Lipinski definition) is 4. The number of alkyl halides is 3. The van der Waals surface area contributed by atoms with Crippen molar-refractivity contribution < 1.29 is 22.8 Å². The van der Waals surface area contributed by atoms with Gasteiger partial charge in [-0.2, -0.15) is 13.2 Å². The van der Waals surface area contributed by atoms with Gasteiger partial charge in [0.15, 0.2) is 0 Å². The van der Waals surface area contributed by atoms with Crippen LogP contribution in [0, 0.1) is 0 Å². The summed E-state index contributed by atoms with van der Waals surface area (Å²) in [5.74, 6) is -0.868. The van der Waals surface area contributed by atoms with Crippen molar-refractivity contribution in [1.29, 1.82) is 0 Å². The molecule has 138 valence electrons. The van der Waals surface area contributed by atoms with Gasteiger partial charge in [0, 0.05) is 31.5 Å². The molecule has 0 spiro atoms. The van der Waals surface area contributed by atoms with Crippen LogP contribution in [0.2, 0.25) is 0 Å². The summed E-state index contributed by atoms with van der Waals surface area (Å²) in [4.78, 5) is 30.1. The first-order chi connectivity index (χ1) is 12.2. The molecule has 2 rings (SSSR count). The Bertz CT molecular complexity index is 807. The van der Waals surface area contributed by atoms with Crippen LogP contribution in [0.1, 0.15) is 20.7 Å². The molecule has 0 unspecified atom stereocenters. The summed E-state index contributed by atoms with van der Waals surface area (Å²) in [6.07, 6.45) is -2.94. The highest BCUT2D eigenvalue weighted by Gasteiger charge is 2.28. The van der Waals surface area contributed by atoms with E-state index in [9.17, 15) is 22.8 Å². The Kier molecular flexibility index (Phi) is 5.81. The molecule has 0 bridgehead atoms. The first kappa shape index (κ1) is 19.2. The molecule has 0 fully saturated rings. The summed E-state index contributed by atoms with van der Waals surface area (Å²) in [6, 6.07) is 8.87. The van der Waals surface area contributed by atoms with Crippen molar-refractivity contribution in [3.05, 3.63) is 53.7 Å². The molecule has 0 aliphatic carbocycles. The lowest BCUT2D eigenvalue weighted by Crippen LogP contribution is -2.33. The molecular formula is C17H17F3N4O2. The Labute approximate surface area is 148 Å². The van der Waals surface area contributed by atoms with Gasteiger partial charge >= 0.3 is 6.18 Å². The Hall–Kier alpha value is -3.10. The van der Waals surface area contributed by atoms with Crippen LogP contribution in [0.15, 0.2) is 42.6 Å². The van der Waals surface area contributed by atoms with Gasteiger partial charge in [0.2, 0.25) is 0 Å². The van der Waals surface area contributed by atoms with Crippen LogP contribution >= 0.6 is 0 Å². The molecule has 6 nitrogen and oxygen atoms in total. The fourth-order valence-electron chi connectivity index (χ4n) is 2.15. The number of rotatable bonds is 5. The topological polar surface area (TPSA) is 74.3 Å². The number of benzene rings is 1. The number of nitrogens with zero attached hydrogens (tertiary/aromatic N) is 2. The Morgan fingerprint density at radius 1 is 1.12 bits per heavy atom. The first-order valence-electron chi connectivity index (χ1n) is 7.56. The summed E-state index contributed by atoms with van der Waals surface area (Å²) < 4.78 is 36.6. The minimum absolute atomic E-state index is 0.00562. The van der Waals surface area contributed by atoms with E-state index in [1.807, 2.05) is 0 Å². The van der Waals surface area contributed by atoms with Crippen LogP contribution in [0.25, 0.3) is 0 Å². The number of carbonyl (C=O) groups excluding carboxylic acids is 2. The van der Waals surface area contributed by atoms with Gasteiger partial charge < -0.3 is 15.5 Å². The SMILES string of the molecule is CN(C)c1ncccc1C(=O)Nc1cccc(C(=O)NCC(F)(F)F)c1. The van der Waals surface area contributed by atoms with Crippen LogP contribution in [-0.2, 0) is 0 Å². The maximum Gasteiger partial charge on any atom is 0.405 e. The molecule has 1 heterocycles.